The van der Waals surface area contributed by atoms with E-state index in [9.17, 15) is 4.79 Å². The molecule has 6 nitrogen and oxygen atoms in total. The molecule has 1 amide bonds. The van der Waals surface area contributed by atoms with Crippen molar-refractivity contribution < 1.29 is 4.79 Å². The number of carbonyl (C=O) groups excluding carboxylic acids is 1. The van der Waals surface area contributed by atoms with Crippen LogP contribution in [0.5, 0.6) is 0 Å². The number of nitrogens with zero attached hydrogens (tertiary/aromatic N) is 2. The molecule has 1 rings (SSSR count). The van der Waals surface area contributed by atoms with Gasteiger partial charge in [0, 0.05) is 26.1 Å². The van der Waals surface area contributed by atoms with Crippen molar-refractivity contribution in [3.63, 3.8) is 0 Å². The molecule has 0 unspecified atom stereocenters. The molecular formula is C13H23N5O. The molecule has 0 atom stereocenters. The minimum atomic E-state index is 0.0579. The summed E-state index contributed by atoms with van der Waals surface area (Å²) in [6.07, 6.45) is 5.77. The van der Waals surface area contributed by atoms with Crippen LogP contribution >= 0.6 is 0 Å². The van der Waals surface area contributed by atoms with Gasteiger partial charge >= 0.3 is 0 Å². The maximum absolute atomic E-state index is 11.4. The lowest BCUT2D eigenvalue weighted by atomic mass is 10.3. The van der Waals surface area contributed by atoms with Gasteiger partial charge in [-0.3, -0.25) is 9.78 Å². The van der Waals surface area contributed by atoms with Crippen LogP contribution in [0.2, 0.25) is 0 Å². The molecule has 3 N–H and O–H groups in total. The van der Waals surface area contributed by atoms with Crippen LogP contribution in [0.15, 0.2) is 12.4 Å². The second kappa shape index (κ2) is 9.13. The standard InChI is InChI=1S/C13H23N5O/c1-3-6-15-11-9-14-10-12(18-11)16-8-5-13(19)17-7-4-2/h9-10H,3-8H2,1-2H3,(H,17,19)(H2,15,16,18). The van der Waals surface area contributed by atoms with Crippen LogP contribution in [0.25, 0.3) is 0 Å². The lowest BCUT2D eigenvalue weighted by molar-refractivity contribution is -0.120. The Bertz CT molecular complexity index is 383. The quantitative estimate of drug-likeness (QED) is 0.632. The molecule has 0 spiro atoms. The van der Waals surface area contributed by atoms with E-state index in [4.69, 9.17) is 0 Å². The highest BCUT2D eigenvalue weighted by atomic mass is 16.1. The molecule has 0 saturated heterocycles. The zero-order chi connectivity index (χ0) is 13.9. The normalized spacial score (nSPS) is 10.0. The molecule has 19 heavy (non-hydrogen) atoms. The largest absolute Gasteiger partial charge is 0.369 e. The summed E-state index contributed by atoms with van der Waals surface area (Å²) in [5.74, 6) is 1.49. The van der Waals surface area contributed by atoms with Crippen LogP contribution in [0.1, 0.15) is 33.1 Å². The number of anilines is 2. The average Bonchev–Trinajstić information content (AvgIpc) is 2.43. The molecule has 1 aromatic heterocycles. The van der Waals surface area contributed by atoms with Gasteiger partial charge in [-0.15, -0.1) is 0 Å². The second-order valence-electron chi connectivity index (χ2n) is 4.24. The third-order valence-corrected chi connectivity index (χ3v) is 2.42. The van der Waals surface area contributed by atoms with E-state index in [1.165, 1.54) is 0 Å². The molecule has 1 aromatic rings. The van der Waals surface area contributed by atoms with Crippen molar-refractivity contribution in [1.82, 2.24) is 15.3 Å². The summed E-state index contributed by atoms with van der Waals surface area (Å²) in [6.45, 7) is 6.29. The summed E-state index contributed by atoms with van der Waals surface area (Å²) >= 11 is 0. The smallest absolute Gasteiger partial charge is 0.221 e. The summed E-state index contributed by atoms with van der Waals surface area (Å²) < 4.78 is 0. The summed E-state index contributed by atoms with van der Waals surface area (Å²) in [7, 11) is 0. The lowest BCUT2D eigenvalue weighted by Crippen LogP contribution is -2.26. The molecule has 0 aromatic carbocycles. The van der Waals surface area contributed by atoms with Gasteiger partial charge in [-0.05, 0) is 12.8 Å². The molecule has 0 aliphatic heterocycles. The van der Waals surface area contributed by atoms with E-state index >= 15 is 0 Å². The van der Waals surface area contributed by atoms with Gasteiger partial charge in [0.2, 0.25) is 5.91 Å². The minimum absolute atomic E-state index is 0.0579. The van der Waals surface area contributed by atoms with Crippen molar-refractivity contribution in [3.05, 3.63) is 12.4 Å². The van der Waals surface area contributed by atoms with Gasteiger partial charge in [0.25, 0.3) is 0 Å². The fourth-order valence-corrected chi connectivity index (χ4v) is 1.45. The Morgan fingerprint density at radius 3 is 2.32 bits per heavy atom. The van der Waals surface area contributed by atoms with Crippen LogP contribution in [0, 0.1) is 0 Å². The van der Waals surface area contributed by atoms with E-state index in [0.29, 0.717) is 18.8 Å². The van der Waals surface area contributed by atoms with Gasteiger partial charge in [-0.1, -0.05) is 13.8 Å². The van der Waals surface area contributed by atoms with Crippen molar-refractivity contribution in [2.75, 3.05) is 30.3 Å². The SMILES string of the molecule is CCCNC(=O)CCNc1cncc(NCCC)n1. The number of hydrogen-bond acceptors (Lipinski definition) is 5. The van der Waals surface area contributed by atoms with E-state index in [0.717, 1.165) is 31.7 Å². The molecule has 0 aliphatic carbocycles. The Morgan fingerprint density at radius 1 is 1.05 bits per heavy atom. The Labute approximate surface area is 114 Å². The summed E-state index contributed by atoms with van der Waals surface area (Å²) in [6, 6.07) is 0. The highest BCUT2D eigenvalue weighted by molar-refractivity contribution is 5.76. The number of aromatic nitrogens is 2. The molecule has 0 radical (unpaired) electrons. The van der Waals surface area contributed by atoms with E-state index in [-0.39, 0.29) is 5.91 Å². The van der Waals surface area contributed by atoms with Crippen LogP contribution in [-0.2, 0) is 4.79 Å². The van der Waals surface area contributed by atoms with Gasteiger partial charge in [0.15, 0.2) is 0 Å². The lowest BCUT2D eigenvalue weighted by Gasteiger charge is -2.08. The third kappa shape index (κ3) is 6.59. The van der Waals surface area contributed by atoms with E-state index in [2.05, 4.69) is 32.8 Å². The third-order valence-electron chi connectivity index (χ3n) is 2.42. The number of amides is 1. The van der Waals surface area contributed by atoms with Crippen molar-refractivity contribution in [1.29, 1.82) is 0 Å². The zero-order valence-electron chi connectivity index (χ0n) is 11.7. The van der Waals surface area contributed by atoms with Crippen molar-refractivity contribution in [3.8, 4) is 0 Å². The Hall–Kier alpha value is -1.85. The maximum atomic E-state index is 11.4. The first-order valence-corrected chi connectivity index (χ1v) is 6.82. The predicted octanol–water partition coefficient (Wildman–Crippen LogP) is 1.63. The van der Waals surface area contributed by atoms with Crippen LogP contribution in [-0.4, -0.2) is 35.5 Å². The average molecular weight is 265 g/mol. The molecule has 0 fully saturated rings. The van der Waals surface area contributed by atoms with Crippen molar-refractivity contribution >= 4 is 17.5 Å². The zero-order valence-corrected chi connectivity index (χ0v) is 11.7. The monoisotopic (exact) mass is 265 g/mol. The molecule has 106 valence electrons. The van der Waals surface area contributed by atoms with E-state index < -0.39 is 0 Å². The first kappa shape index (κ1) is 15.2. The van der Waals surface area contributed by atoms with Crippen molar-refractivity contribution in [2.45, 2.75) is 33.1 Å². The van der Waals surface area contributed by atoms with Crippen LogP contribution in [0.3, 0.4) is 0 Å². The van der Waals surface area contributed by atoms with E-state index in [1.54, 1.807) is 12.4 Å². The molecule has 0 aliphatic rings. The first-order valence-electron chi connectivity index (χ1n) is 6.82. The Morgan fingerprint density at radius 2 is 1.68 bits per heavy atom. The highest BCUT2D eigenvalue weighted by Gasteiger charge is 2.01. The fraction of sp³-hybridized carbons (Fsp3) is 0.615. The van der Waals surface area contributed by atoms with Gasteiger partial charge < -0.3 is 16.0 Å². The molecule has 6 heteroatoms. The maximum Gasteiger partial charge on any atom is 0.221 e. The Balaban J connectivity index is 2.30. The highest BCUT2D eigenvalue weighted by Crippen LogP contribution is 2.06. The summed E-state index contributed by atoms with van der Waals surface area (Å²) in [5.41, 5.74) is 0. The molecule has 1 heterocycles. The molecular weight excluding hydrogens is 242 g/mol. The van der Waals surface area contributed by atoms with Crippen molar-refractivity contribution in [2.24, 2.45) is 0 Å². The number of rotatable bonds is 9. The number of carbonyl (C=O) groups is 1. The van der Waals surface area contributed by atoms with E-state index in [1.807, 2.05) is 6.92 Å². The van der Waals surface area contributed by atoms with Gasteiger partial charge in [0.1, 0.15) is 11.6 Å². The van der Waals surface area contributed by atoms with Gasteiger partial charge in [-0.25, -0.2) is 4.98 Å². The summed E-state index contributed by atoms with van der Waals surface area (Å²) in [4.78, 5) is 19.9. The number of hydrogen-bond donors (Lipinski definition) is 3. The van der Waals surface area contributed by atoms with Crippen LogP contribution in [0.4, 0.5) is 11.6 Å². The van der Waals surface area contributed by atoms with Crippen LogP contribution < -0.4 is 16.0 Å². The molecule has 0 bridgehead atoms. The second-order valence-corrected chi connectivity index (χ2v) is 4.24. The van der Waals surface area contributed by atoms with Gasteiger partial charge in [0.05, 0.1) is 12.4 Å². The Kier molecular flexibility index (Phi) is 7.31. The topological polar surface area (TPSA) is 78.9 Å². The predicted molar refractivity (Wildman–Crippen MR) is 77.2 cm³/mol. The fourth-order valence-electron chi connectivity index (χ4n) is 1.45. The minimum Gasteiger partial charge on any atom is -0.369 e. The summed E-state index contributed by atoms with van der Waals surface area (Å²) in [5, 5.41) is 9.09. The van der Waals surface area contributed by atoms with Gasteiger partial charge in [-0.2, -0.15) is 0 Å². The first-order chi connectivity index (χ1) is 9.26. The number of nitrogens with one attached hydrogen (secondary N) is 3. The molecule has 0 saturated carbocycles.